The van der Waals surface area contributed by atoms with Crippen LogP contribution in [0.15, 0.2) is 54.6 Å². The number of benzene rings is 2. The third-order valence-corrected chi connectivity index (χ3v) is 4.27. The van der Waals surface area contributed by atoms with Gasteiger partial charge in [0, 0.05) is 24.5 Å². The number of hydrogen-bond acceptors (Lipinski definition) is 6. The number of para-hydroxylation sites is 1. The number of nitrogens with one attached hydrogen (secondary N) is 1. The summed E-state index contributed by atoms with van der Waals surface area (Å²) in [6.07, 6.45) is 0. The highest BCUT2D eigenvalue weighted by atomic mass is 35.5. The maximum absolute atomic E-state index is 11.8. The molecule has 0 radical (unpaired) electrons. The van der Waals surface area contributed by atoms with E-state index in [0.29, 0.717) is 28.0 Å². The third-order valence-electron chi connectivity index (χ3n) is 3.94. The molecule has 1 aromatic heterocycles. The van der Waals surface area contributed by atoms with E-state index in [1.54, 1.807) is 18.2 Å². The average molecular weight is 383 g/mol. The number of ether oxygens (including phenoxy) is 1. The molecule has 0 atom stereocenters. The van der Waals surface area contributed by atoms with Crippen LogP contribution in [0, 0.1) is 6.92 Å². The molecule has 0 unspecified atom stereocenters. The van der Waals surface area contributed by atoms with E-state index >= 15 is 0 Å². The average Bonchev–Trinajstić information content (AvgIpc) is 2.68. The number of carbonyl (C=O) groups excluding carboxylic acids is 1. The van der Waals surface area contributed by atoms with Crippen LogP contribution < -0.4 is 10.2 Å². The van der Waals surface area contributed by atoms with E-state index in [-0.39, 0.29) is 0 Å². The SMILES string of the molecule is COC(=O)c1ccc(Cl)c(Nc2cc(C)nc(N(C)c3ccccc3)n2)c1. The van der Waals surface area contributed by atoms with Crippen LogP contribution in [0.4, 0.5) is 23.1 Å². The lowest BCUT2D eigenvalue weighted by atomic mass is 10.2. The summed E-state index contributed by atoms with van der Waals surface area (Å²) in [5, 5.41) is 3.63. The van der Waals surface area contributed by atoms with Crippen LogP contribution in [0.1, 0.15) is 16.1 Å². The van der Waals surface area contributed by atoms with E-state index in [4.69, 9.17) is 16.3 Å². The Hall–Kier alpha value is -3.12. The van der Waals surface area contributed by atoms with E-state index < -0.39 is 5.97 Å². The van der Waals surface area contributed by atoms with Gasteiger partial charge in [0.15, 0.2) is 0 Å². The van der Waals surface area contributed by atoms with Crippen LogP contribution in [0.2, 0.25) is 5.02 Å². The fourth-order valence-electron chi connectivity index (χ4n) is 2.54. The third kappa shape index (κ3) is 4.35. The van der Waals surface area contributed by atoms with Crippen molar-refractivity contribution in [2.75, 3.05) is 24.4 Å². The summed E-state index contributed by atoms with van der Waals surface area (Å²) in [5.41, 5.74) is 2.73. The molecule has 0 aliphatic heterocycles. The largest absolute Gasteiger partial charge is 0.465 e. The van der Waals surface area contributed by atoms with Crippen molar-refractivity contribution < 1.29 is 9.53 Å². The molecule has 0 fully saturated rings. The first kappa shape index (κ1) is 18.7. The van der Waals surface area contributed by atoms with E-state index in [1.807, 2.05) is 55.3 Å². The van der Waals surface area contributed by atoms with Crippen molar-refractivity contribution in [1.82, 2.24) is 9.97 Å². The summed E-state index contributed by atoms with van der Waals surface area (Å²) in [6.45, 7) is 1.89. The molecule has 1 heterocycles. The lowest BCUT2D eigenvalue weighted by Gasteiger charge is -2.19. The summed E-state index contributed by atoms with van der Waals surface area (Å²) in [4.78, 5) is 22.7. The first-order valence-corrected chi connectivity index (χ1v) is 8.65. The Balaban J connectivity index is 1.92. The second-order valence-corrected chi connectivity index (χ2v) is 6.31. The molecule has 1 N–H and O–H groups in total. The van der Waals surface area contributed by atoms with E-state index in [1.165, 1.54) is 7.11 Å². The summed E-state index contributed by atoms with van der Waals surface area (Å²) in [7, 11) is 3.24. The highest BCUT2D eigenvalue weighted by Crippen LogP contribution is 2.28. The van der Waals surface area contributed by atoms with Gasteiger partial charge in [-0.05, 0) is 37.3 Å². The number of aryl methyl sites for hydroxylation is 1. The Morgan fingerprint density at radius 1 is 1.11 bits per heavy atom. The van der Waals surface area contributed by atoms with Crippen LogP contribution in [0.5, 0.6) is 0 Å². The van der Waals surface area contributed by atoms with Crippen molar-refractivity contribution >= 4 is 40.7 Å². The quantitative estimate of drug-likeness (QED) is 0.643. The van der Waals surface area contributed by atoms with E-state index in [2.05, 4.69) is 15.3 Å². The Morgan fingerprint density at radius 2 is 1.85 bits per heavy atom. The maximum atomic E-state index is 11.8. The molecule has 0 bridgehead atoms. The van der Waals surface area contributed by atoms with Gasteiger partial charge >= 0.3 is 5.97 Å². The molecule has 0 saturated heterocycles. The number of carbonyl (C=O) groups is 1. The van der Waals surface area contributed by atoms with Gasteiger partial charge in [-0.1, -0.05) is 29.8 Å². The lowest BCUT2D eigenvalue weighted by molar-refractivity contribution is 0.0601. The van der Waals surface area contributed by atoms with Crippen LogP contribution in [-0.2, 0) is 4.74 Å². The smallest absolute Gasteiger partial charge is 0.337 e. The van der Waals surface area contributed by atoms with Crippen molar-refractivity contribution in [1.29, 1.82) is 0 Å². The molecule has 2 aromatic carbocycles. The Bertz CT molecular complexity index is 963. The normalized spacial score (nSPS) is 10.4. The maximum Gasteiger partial charge on any atom is 0.337 e. The molecular weight excluding hydrogens is 364 g/mol. The number of esters is 1. The number of anilines is 4. The van der Waals surface area contributed by atoms with Gasteiger partial charge < -0.3 is 15.0 Å². The zero-order chi connectivity index (χ0) is 19.4. The highest BCUT2D eigenvalue weighted by Gasteiger charge is 2.12. The first-order chi connectivity index (χ1) is 13.0. The topological polar surface area (TPSA) is 67.3 Å². The zero-order valence-corrected chi connectivity index (χ0v) is 16.0. The molecule has 27 heavy (non-hydrogen) atoms. The van der Waals surface area contributed by atoms with Crippen LogP contribution in [0.25, 0.3) is 0 Å². The minimum atomic E-state index is -0.432. The Kier molecular flexibility index (Phi) is 5.57. The van der Waals surface area contributed by atoms with E-state index in [9.17, 15) is 4.79 Å². The molecule has 3 aromatic rings. The van der Waals surface area contributed by atoms with Crippen molar-refractivity contribution in [2.45, 2.75) is 6.92 Å². The molecule has 138 valence electrons. The second-order valence-electron chi connectivity index (χ2n) is 5.90. The molecule has 0 aliphatic carbocycles. The fourth-order valence-corrected chi connectivity index (χ4v) is 2.70. The zero-order valence-electron chi connectivity index (χ0n) is 15.2. The van der Waals surface area contributed by atoms with Gasteiger partial charge in [-0.3, -0.25) is 0 Å². The summed E-state index contributed by atoms with van der Waals surface area (Å²) >= 11 is 6.26. The van der Waals surface area contributed by atoms with Crippen molar-refractivity contribution in [3.63, 3.8) is 0 Å². The standard InChI is InChI=1S/C20H19ClN4O2/c1-13-11-18(23-17-12-14(19(26)27-3)9-10-16(17)21)24-20(22-13)25(2)15-7-5-4-6-8-15/h4-12H,1-3H3,(H,22,23,24). The van der Waals surface area contributed by atoms with E-state index in [0.717, 1.165) is 11.4 Å². The van der Waals surface area contributed by atoms with Crippen LogP contribution in [0.3, 0.4) is 0 Å². The Morgan fingerprint density at radius 3 is 2.56 bits per heavy atom. The molecule has 0 amide bonds. The lowest BCUT2D eigenvalue weighted by Crippen LogP contribution is -2.14. The van der Waals surface area contributed by atoms with Gasteiger partial charge in [0.05, 0.1) is 23.4 Å². The van der Waals surface area contributed by atoms with Gasteiger partial charge in [0.25, 0.3) is 0 Å². The summed E-state index contributed by atoms with van der Waals surface area (Å²) in [5.74, 6) is 0.686. The van der Waals surface area contributed by atoms with Gasteiger partial charge in [-0.2, -0.15) is 4.98 Å². The highest BCUT2D eigenvalue weighted by molar-refractivity contribution is 6.33. The van der Waals surface area contributed by atoms with Gasteiger partial charge in [-0.25, -0.2) is 9.78 Å². The van der Waals surface area contributed by atoms with Gasteiger partial charge in [0.1, 0.15) is 5.82 Å². The monoisotopic (exact) mass is 382 g/mol. The van der Waals surface area contributed by atoms with Gasteiger partial charge in [-0.15, -0.1) is 0 Å². The number of hydrogen-bond donors (Lipinski definition) is 1. The molecule has 6 nitrogen and oxygen atoms in total. The predicted molar refractivity (Wildman–Crippen MR) is 107 cm³/mol. The predicted octanol–water partition coefficient (Wildman–Crippen LogP) is 4.74. The molecular formula is C20H19ClN4O2. The number of aromatic nitrogens is 2. The number of halogens is 1. The molecule has 3 rings (SSSR count). The van der Waals surface area contributed by atoms with Crippen LogP contribution >= 0.6 is 11.6 Å². The van der Waals surface area contributed by atoms with Crippen LogP contribution in [-0.4, -0.2) is 30.1 Å². The summed E-state index contributed by atoms with van der Waals surface area (Å²) < 4.78 is 4.76. The van der Waals surface area contributed by atoms with Gasteiger partial charge in [0.2, 0.25) is 5.95 Å². The fraction of sp³-hybridized carbons (Fsp3) is 0.150. The molecule has 0 aliphatic rings. The summed E-state index contributed by atoms with van der Waals surface area (Å²) in [6, 6.07) is 16.5. The number of rotatable bonds is 5. The van der Waals surface area contributed by atoms with Crippen molar-refractivity contribution in [3.8, 4) is 0 Å². The van der Waals surface area contributed by atoms with Crippen molar-refractivity contribution in [2.24, 2.45) is 0 Å². The number of nitrogens with zero attached hydrogens (tertiary/aromatic N) is 3. The molecule has 0 spiro atoms. The minimum absolute atomic E-state index is 0.400. The minimum Gasteiger partial charge on any atom is -0.465 e. The first-order valence-electron chi connectivity index (χ1n) is 8.27. The second kappa shape index (κ2) is 8.05. The number of methoxy groups -OCH3 is 1. The molecule has 7 heteroatoms. The molecule has 0 saturated carbocycles. The Labute approximate surface area is 162 Å². The van der Waals surface area contributed by atoms with Crippen molar-refractivity contribution in [3.05, 3.63) is 70.9 Å².